The first kappa shape index (κ1) is 49.6. The van der Waals surface area contributed by atoms with Crippen LogP contribution >= 0.6 is 0 Å². The maximum Gasteiger partial charge on any atom is 0.306 e. The van der Waals surface area contributed by atoms with Crippen LogP contribution in [0.1, 0.15) is 201 Å². The molecular weight excluding hydrogens is 645 g/mol. The molecule has 0 aliphatic rings. The second-order valence-electron chi connectivity index (χ2n) is 14.2. The highest BCUT2D eigenvalue weighted by atomic mass is 16.6. The van der Waals surface area contributed by atoms with Gasteiger partial charge in [-0.05, 0) is 64.2 Å². The Hall–Kier alpha value is -2.40. The van der Waals surface area contributed by atoms with Gasteiger partial charge in [-0.15, -0.1) is 0 Å². The molecule has 300 valence electrons. The van der Waals surface area contributed by atoms with Crippen molar-refractivity contribution in [1.29, 1.82) is 0 Å². The summed E-state index contributed by atoms with van der Waals surface area (Å²) in [6.45, 7) is 7.58. The normalized spacial score (nSPS) is 12.8. The van der Waals surface area contributed by atoms with Gasteiger partial charge in [0.25, 0.3) is 0 Å². The first-order valence-electron chi connectivity index (χ1n) is 21.8. The Morgan fingerprint density at radius 2 is 0.865 bits per heavy atom. The van der Waals surface area contributed by atoms with Crippen LogP contribution in [0, 0.1) is 0 Å². The van der Waals surface area contributed by atoms with E-state index in [1.165, 1.54) is 89.9 Å². The number of hydrogen-bond donors (Lipinski definition) is 0. The molecule has 0 spiro atoms. The largest absolute Gasteiger partial charge is 0.462 e. The van der Waals surface area contributed by atoms with Gasteiger partial charge >= 0.3 is 11.9 Å². The third kappa shape index (κ3) is 40.4. The van der Waals surface area contributed by atoms with E-state index in [2.05, 4.69) is 81.5 Å². The molecule has 52 heavy (non-hydrogen) atoms. The summed E-state index contributed by atoms with van der Waals surface area (Å²) in [5.41, 5.74) is 0. The molecule has 0 aromatic heterocycles. The molecule has 0 aliphatic carbocycles. The monoisotopic (exact) mass is 727 g/mol. The van der Waals surface area contributed by atoms with E-state index >= 15 is 0 Å². The summed E-state index contributed by atoms with van der Waals surface area (Å²) >= 11 is 0. The van der Waals surface area contributed by atoms with E-state index in [9.17, 15) is 9.59 Å². The van der Waals surface area contributed by atoms with Crippen molar-refractivity contribution < 1.29 is 23.8 Å². The maximum atomic E-state index is 12.6. The summed E-state index contributed by atoms with van der Waals surface area (Å²) in [6.07, 6.45) is 52.3. The molecule has 0 amide bonds. The van der Waals surface area contributed by atoms with E-state index in [1.807, 2.05) is 0 Å². The molecule has 0 N–H and O–H groups in total. The van der Waals surface area contributed by atoms with Crippen LogP contribution in [0.4, 0.5) is 0 Å². The molecule has 0 heterocycles. The summed E-state index contributed by atoms with van der Waals surface area (Å²) in [6, 6.07) is 0. The summed E-state index contributed by atoms with van der Waals surface area (Å²) in [5, 5.41) is 0. The zero-order valence-electron chi connectivity index (χ0n) is 34.3. The number of ether oxygens (including phenoxy) is 3. The van der Waals surface area contributed by atoms with Gasteiger partial charge in [-0.25, -0.2) is 0 Å². The van der Waals surface area contributed by atoms with Gasteiger partial charge in [0.15, 0.2) is 6.10 Å². The minimum atomic E-state index is -0.552. The Morgan fingerprint density at radius 1 is 0.442 bits per heavy atom. The van der Waals surface area contributed by atoms with Crippen molar-refractivity contribution in [2.75, 3.05) is 19.8 Å². The van der Waals surface area contributed by atoms with E-state index in [0.717, 1.165) is 77.0 Å². The number of carbonyl (C=O) groups is 2. The van der Waals surface area contributed by atoms with Crippen molar-refractivity contribution in [3.63, 3.8) is 0 Å². The molecule has 0 radical (unpaired) electrons. The van der Waals surface area contributed by atoms with E-state index in [4.69, 9.17) is 14.2 Å². The van der Waals surface area contributed by atoms with Gasteiger partial charge in [-0.2, -0.15) is 0 Å². The van der Waals surface area contributed by atoms with Gasteiger partial charge in [0.1, 0.15) is 6.61 Å². The molecule has 0 aromatic rings. The van der Waals surface area contributed by atoms with E-state index in [1.54, 1.807) is 0 Å². The van der Waals surface area contributed by atoms with Crippen molar-refractivity contribution >= 4 is 11.9 Å². The first-order chi connectivity index (χ1) is 25.6. The summed E-state index contributed by atoms with van der Waals surface area (Å²) in [4.78, 5) is 25.1. The molecule has 0 rings (SSSR count). The van der Waals surface area contributed by atoms with Crippen LogP contribution in [0.5, 0.6) is 0 Å². The summed E-state index contributed by atoms with van der Waals surface area (Å²) < 4.78 is 17.2. The summed E-state index contributed by atoms with van der Waals surface area (Å²) in [7, 11) is 0. The van der Waals surface area contributed by atoms with Gasteiger partial charge in [-0.3, -0.25) is 9.59 Å². The molecule has 1 atom stereocenters. The molecule has 0 aromatic carbocycles. The predicted octanol–water partition coefficient (Wildman–Crippen LogP) is 14.2. The number of carbonyl (C=O) groups excluding carboxylic acids is 2. The smallest absolute Gasteiger partial charge is 0.306 e. The van der Waals surface area contributed by atoms with Crippen LogP contribution in [0.3, 0.4) is 0 Å². The average Bonchev–Trinajstić information content (AvgIpc) is 3.14. The predicted molar refractivity (Wildman–Crippen MR) is 224 cm³/mol. The van der Waals surface area contributed by atoms with Gasteiger partial charge in [0.05, 0.1) is 6.61 Å². The fourth-order valence-corrected chi connectivity index (χ4v) is 5.83. The van der Waals surface area contributed by atoms with Gasteiger partial charge in [0, 0.05) is 19.4 Å². The van der Waals surface area contributed by atoms with Crippen LogP contribution in [0.2, 0.25) is 0 Å². The van der Waals surface area contributed by atoms with Gasteiger partial charge in [-0.1, -0.05) is 184 Å². The van der Waals surface area contributed by atoms with Crippen molar-refractivity contribution in [2.45, 2.75) is 207 Å². The lowest BCUT2D eigenvalue weighted by molar-refractivity contribution is -0.163. The molecule has 1 unspecified atom stereocenters. The van der Waals surface area contributed by atoms with Crippen LogP contribution in [0.15, 0.2) is 60.8 Å². The second-order valence-corrected chi connectivity index (χ2v) is 14.2. The van der Waals surface area contributed by atoms with Crippen molar-refractivity contribution in [2.24, 2.45) is 0 Å². The zero-order chi connectivity index (χ0) is 37.8. The molecule has 0 fully saturated rings. The average molecular weight is 727 g/mol. The molecule has 0 aliphatic heterocycles. The van der Waals surface area contributed by atoms with Gasteiger partial charge < -0.3 is 14.2 Å². The Balaban J connectivity index is 4.28. The number of rotatable bonds is 39. The number of allylic oxidation sites excluding steroid dienone is 10. The van der Waals surface area contributed by atoms with Crippen molar-refractivity contribution in [1.82, 2.24) is 0 Å². The number of hydrogen-bond acceptors (Lipinski definition) is 5. The highest BCUT2D eigenvalue weighted by Gasteiger charge is 2.17. The highest BCUT2D eigenvalue weighted by Crippen LogP contribution is 2.13. The van der Waals surface area contributed by atoms with E-state index < -0.39 is 6.10 Å². The summed E-state index contributed by atoms with van der Waals surface area (Å²) in [5.74, 6) is -0.426. The maximum absolute atomic E-state index is 12.6. The SMILES string of the molecule is CC/C=C\C/C=C\C/C=C\C/C=C\C/C=C\CCCCOCC(COC(=O)CCCCCCCCCCC)OC(=O)CCCCCCCCCCC. The Kier molecular flexibility index (Phi) is 41.0. The standard InChI is InChI=1S/C47H82O5/c1-4-7-10-13-16-19-20-21-22-23-24-25-26-27-30-33-36-39-42-50-43-45(52-47(49)41-38-35-32-29-18-15-12-9-6-3)44-51-46(48)40-37-34-31-28-17-14-11-8-5-2/h7,10,16,19,21-22,24-25,27,30,45H,4-6,8-9,11-15,17-18,20,23,26,28-29,31-44H2,1-3H3/b10-7-,19-16-,22-21-,25-24-,30-27-. The van der Waals surface area contributed by atoms with Crippen molar-refractivity contribution in [3.05, 3.63) is 60.8 Å². The van der Waals surface area contributed by atoms with Crippen LogP contribution in [0.25, 0.3) is 0 Å². The Bertz CT molecular complexity index is 915. The number of unbranched alkanes of at least 4 members (excludes halogenated alkanes) is 18. The molecule has 0 saturated carbocycles. The lowest BCUT2D eigenvalue weighted by Crippen LogP contribution is -2.30. The van der Waals surface area contributed by atoms with E-state index in [-0.39, 0.29) is 25.2 Å². The topological polar surface area (TPSA) is 61.8 Å². The lowest BCUT2D eigenvalue weighted by atomic mass is 10.1. The fourth-order valence-electron chi connectivity index (χ4n) is 5.83. The van der Waals surface area contributed by atoms with Crippen LogP contribution in [-0.2, 0) is 23.8 Å². The third-order valence-electron chi connectivity index (χ3n) is 9.07. The first-order valence-corrected chi connectivity index (χ1v) is 21.8. The molecule has 5 nitrogen and oxygen atoms in total. The Labute approximate surface area is 322 Å². The van der Waals surface area contributed by atoms with Crippen LogP contribution in [-0.4, -0.2) is 37.9 Å². The quantitative estimate of drug-likeness (QED) is 0.0358. The molecule has 0 bridgehead atoms. The number of esters is 2. The second kappa shape index (κ2) is 43.0. The van der Waals surface area contributed by atoms with Crippen LogP contribution < -0.4 is 0 Å². The zero-order valence-corrected chi connectivity index (χ0v) is 34.3. The Morgan fingerprint density at radius 3 is 1.35 bits per heavy atom. The molecule has 5 heteroatoms. The third-order valence-corrected chi connectivity index (χ3v) is 9.07. The molecule has 0 saturated heterocycles. The fraction of sp³-hybridized carbons (Fsp3) is 0.745. The van der Waals surface area contributed by atoms with Gasteiger partial charge in [0.2, 0.25) is 0 Å². The minimum absolute atomic E-state index is 0.0692. The lowest BCUT2D eigenvalue weighted by Gasteiger charge is -2.18. The van der Waals surface area contributed by atoms with E-state index in [0.29, 0.717) is 19.4 Å². The minimum Gasteiger partial charge on any atom is -0.462 e. The highest BCUT2D eigenvalue weighted by molar-refractivity contribution is 5.70. The molecular formula is C47H82O5. The van der Waals surface area contributed by atoms with Crippen molar-refractivity contribution in [3.8, 4) is 0 Å².